The van der Waals surface area contributed by atoms with Crippen LogP contribution in [-0.4, -0.2) is 13.1 Å². The van der Waals surface area contributed by atoms with Gasteiger partial charge in [-0.1, -0.05) is 13.3 Å². The summed E-state index contributed by atoms with van der Waals surface area (Å²) in [6.07, 6.45) is 1.69. The summed E-state index contributed by atoms with van der Waals surface area (Å²) in [4.78, 5) is 11.0. The van der Waals surface area contributed by atoms with Gasteiger partial charge in [0.25, 0.3) is 0 Å². The van der Waals surface area contributed by atoms with Gasteiger partial charge in [0.05, 0.1) is 7.11 Å². The number of carbonyl (C=O) groups excluding carboxylic acids is 1. The molecule has 0 heterocycles. The Morgan fingerprint density at radius 1 is 1.58 bits per heavy atom. The molecule has 0 spiro atoms. The Labute approximate surface area is 72.6 Å². The van der Waals surface area contributed by atoms with Crippen molar-refractivity contribution in [1.29, 1.82) is 5.26 Å². The molecule has 0 N–H and O–H groups in total. The van der Waals surface area contributed by atoms with Gasteiger partial charge in [-0.25, -0.2) is 4.79 Å². The Kier molecular flexibility index (Phi) is 4.78. The van der Waals surface area contributed by atoms with E-state index in [0.717, 1.165) is 18.4 Å². The lowest BCUT2D eigenvalue weighted by Crippen LogP contribution is -2.05. The third-order valence-electron chi connectivity index (χ3n) is 1.55. The Hall–Kier alpha value is -1.30. The summed E-state index contributed by atoms with van der Waals surface area (Å²) >= 11 is 0. The summed E-state index contributed by atoms with van der Waals surface area (Å²) in [5.74, 6) is -0.538. The minimum Gasteiger partial charge on any atom is -0.465 e. The van der Waals surface area contributed by atoms with E-state index in [1.165, 1.54) is 7.11 Å². The Morgan fingerprint density at radius 3 is 2.50 bits per heavy atom. The van der Waals surface area contributed by atoms with Crippen LogP contribution in [0.3, 0.4) is 0 Å². The number of hydrogen-bond acceptors (Lipinski definition) is 3. The van der Waals surface area contributed by atoms with Gasteiger partial charge in [0.15, 0.2) is 0 Å². The Morgan fingerprint density at radius 2 is 2.17 bits per heavy atom. The highest BCUT2D eigenvalue weighted by atomic mass is 16.5. The molecule has 66 valence electrons. The van der Waals surface area contributed by atoms with Gasteiger partial charge in [-0.3, -0.25) is 0 Å². The van der Waals surface area contributed by atoms with Crippen LogP contribution < -0.4 is 0 Å². The molecular formula is C9H13NO2. The maximum Gasteiger partial charge on any atom is 0.348 e. The lowest BCUT2D eigenvalue weighted by atomic mass is 10.1. The number of allylic oxidation sites excluding steroid dienone is 1. The molecule has 3 nitrogen and oxygen atoms in total. The van der Waals surface area contributed by atoms with Gasteiger partial charge < -0.3 is 4.74 Å². The third-order valence-corrected chi connectivity index (χ3v) is 1.55. The van der Waals surface area contributed by atoms with Gasteiger partial charge >= 0.3 is 5.97 Å². The van der Waals surface area contributed by atoms with Gasteiger partial charge in [-0.2, -0.15) is 5.26 Å². The summed E-state index contributed by atoms with van der Waals surface area (Å²) in [5, 5.41) is 8.62. The molecule has 0 aromatic rings. The first-order valence-corrected chi connectivity index (χ1v) is 3.85. The van der Waals surface area contributed by atoms with Crippen LogP contribution in [0.4, 0.5) is 0 Å². The lowest BCUT2D eigenvalue weighted by Gasteiger charge is -2.01. The SMILES string of the molecule is CCC/C(C)=C(\C#N)C(=O)OC. The first-order valence-electron chi connectivity index (χ1n) is 3.85. The van der Waals surface area contributed by atoms with E-state index in [4.69, 9.17) is 5.26 Å². The zero-order valence-electron chi connectivity index (χ0n) is 7.68. The predicted molar refractivity (Wildman–Crippen MR) is 45.2 cm³/mol. The van der Waals surface area contributed by atoms with Crippen LogP contribution in [0.5, 0.6) is 0 Å². The van der Waals surface area contributed by atoms with Crippen molar-refractivity contribution < 1.29 is 9.53 Å². The number of esters is 1. The minimum absolute atomic E-state index is 0.138. The van der Waals surface area contributed by atoms with E-state index in [2.05, 4.69) is 4.74 Å². The summed E-state index contributed by atoms with van der Waals surface area (Å²) in [7, 11) is 1.28. The molecule has 0 bridgehead atoms. The first kappa shape index (κ1) is 10.7. The molecule has 0 aliphatic rings. The molecule has 0 rings (SSSR count). The van der Waals surface area contributed by atoms with Gasteiger partial charge in [0, 0.05) is 0 Å². The second kappa shape index (κ2) is 5.36. The number of rotatable bonds is 3. The Balaban J connectivity index is 4.64. The third kappa shape index (κ3) is 2.75. The van der Waals surface area contributed by atoms with Crippen LogP contribution >= 0.6 is 0 Å². The average molecular weight is 167 g/mol. The van der Waals surface area contributed by atoms with E-state index in [0.29, 0.717) is 0 Å². The number of methoxy groups -OCH3 is 1. The topological polar surface area (TPSA) is 50.1 Å². The van der Waals surface area contributed by atoms with Crippen molar-refractivity contribution in [3.8, 4) is 6.07 Å². The molecule has 0 aromatic carbocycles. The van der Waals surface area contributed by atoms with E-state index in [-0.39, 0.29) is 5.57 Å². The molecule has 0 amide bonds. The van der Waals surface area contributed by atoms with Gasteiger partial charge in [0.2, 0.25) is 0 Å². The predicted octanol–water partition coefficient (Wildman–Crippen LogP) is 1.80. The quantitative estimate of drug-likeness (QED) is 0.366. The van der Waals surface area contributed by atoms with Crippen LogP contribution in [0.15, 0.2) is 11.1 Å². The lowest BCUT2D eigenvalue weighted by molar-refractivity contribution is -0.135. The summed E-state index contributed by atoms with van der Waals surface area (Å²) in [5.41, 5.74) is 0.936. The fourth-order valence-corrected chi connectivity index (χ4v) is 0.917. The number of carbonyl (C=O) groups is 1. The van der Waals surface area contributed by atoms with Crippen molar-refractivity contribution in [2.75, 3.05) is 7.11 Å². The standard InChI is InChI=1S/C9H13NO2/c1-4-5-7(2)8(6-10)9(11)12-3/h4-5H2,1-3H3/b8-7+. The highest BCUT2D eigenvalue weighted by molar-refractivity contribution is 5.93. The van der Waals surface area contributed by atoms with Crippen LogP contribution in [0.25, 0.3) is 0 Å². The Bertz CT molecular complexity index is 235. The fourth-order valence-electron chi connectivity index (χ4n) is 0.917. The average Bonchev–Trinajstić information content (AvgIpc) is 2.06. The van der Waals surface area contributed by atoms with Gasteiger partial charge in [-0.15, -0.1) is 0 Å². The van der Waals surface area contributed by atoms with Gasteiger partial charge in [-0.05, 0) is 18.9 Å². The zero-order valence-corrected chi connectivity index (χ0v) is 7.68. The van der Waals surface area contributed by atoms with E-state index in [9.17, 15) is 4.79 Å². The largest absolute Gasteiger partial charge is 0.465 e. The fraction of sp³-hybridized carbons (Fsp3) is 0.556. The van der Waals surface area contributed by atoms with E-state index >= 15 is 0 Å². The maximum absolute atomic E-state index is 11.0. The van der Waals surface area contributed by atoms with Crippen molar-refractivity contribution in [2.24, 2.45) is 0 Å². The van der Waals surface area contributed by atoms with E-state index in [1.807, 2.05) is 13.0 Å². The smallest absolute Gasteiger partial charge is 0.348 e. The molecule has 0 aliphatic heterocycles. The molecule has 0 aliphatic carbocycles. The van der Waals surface area contributed by atoms with Crippen LogP contribution in [0, 0.1) is 11.3 Å². The van der Waals surface area contributed by atoms with Gasteiger partial charge in [0.1, 0.15) is 11.6 Å². The molecule has 12 heavy (non-hydrogen) atoms. The monoisotopic (exact) mass is 167 g/mol. The van der Waals surface area contributed by atoms with Crippen LogP contribution in [0.1, 0.15) is 26.7 Å². The number of ether oxygens (including phenoxy) is 1. The highest BCUT2D eigenvalue weighted by Gasteiger charge is 2.11. The minimum atomic E-state index is -0.538. The summed E-state index contributed by atoms with van der Waals surface area (Å²) in [6, 6.07) is 1.84. The molecule has 0 fully saturated rings. The van der Waals surface area contributed by atoms with Crippen molar-refractivity contribution >= 4 is 5.97 Å². The van der Waals surface area contributed by atoms with Crippen molar-refractivity contribution in [3.63, 3.8) is 0 Å². The molecule has 0 radical (unpaired) electrons. The second-order valence-corrected chi connectivity index (χ2v) is 2.51. The van der Waals surface area contributed by atoms with Crippen molar-refractivity contribution in [1.82, 2.24) is 0 Å². The second-order valence-electron chi connectivity index (χ2n) is 2.51. The van der Waals surface area contributed by atoms with Crippen molar-refractivity contribution in [2.45, 2.75) is 26.7 Å². The number of nitrogens with zero attached hydrogens (tertiary/aromatic N) is 1. The normalized spacial score (nSPS) is 11.5. The molecule has 0 saturated heterocycles. The van der Waals surface area contributed by atoms with Crippen LogP contribution in [-0.2, 0) is 9.53 Å². The number of nitriles is 1. The van der Waals surface area contributed by atoms with E-state index < -0.39 is 5.97 Å². The van der Waals surface area contributed by atoms with Crippen LogP contribution in [0.2, 0.25) is 0 Å². The molecule has 0 aromatic heterocycles. The molecule has 0 unspecified atom stereocenters. The van der Waals surface area contributed by atoms with E-state index in [1.54, 1.807) is 6.92 Å². The molecule has 0 atom stereocenters. The molecule has 3 heteroatoms. The zero-order chi connectivity index (χ0) is 9.56. The highest BCUT2D eigenvalue weighted by Crippen LogP contribution is 2.10. The molecular weight excluding hydrogens is 154 g/mol. The van der Waals surface area contributed by atoms with Crippen molar-refractivity contribution in [3.05, 3.63) is 11.1 Å². The summed E-state index contributed by atoms with van der Waals surface area (Å²) < 4.78 is 4.45. The number of hydrogen-bond donors (Lipinski definition) is 0. The summed E-state index contributed by atoms with van der Waals surface area (Å²) in [6.45, 7) is 3.77. The maximum atomic E-state index is 11.0. The first-order chi connectivity index (χ1) is 5.67. The molecule has 0 saturated carbocycles.